The Kier molecular flexibility index (Phi) is 5.36. The fourth-order valence-corrected chi connectivity index (χ4v) is 4.70. The lowest BCUT2D eigenvalue weighted by Crippen LogP contribution is -2.50. The summed E-state index contributed by atoms with van der Waals surface area (Å²) in [4.78, 5) is 14.2. The number of thiophene rings is 1. The molecule has 132 valence electrons. The number of carbonyl (C=O) groups excluding carboxylic acids is 1. The Hall–Kier alpha value is -1.96. The van der Waals surface area contributed by atoms with Gasteiger partial charge in [0.2, 0.25) is 15.9 Å². The summed E-state index contributed by atoms with van der Waals surface area (Å²) >= 11 is 1.58. The highest BCUT2D eigenvalue weighted by molar-refractivity contribution is 7.89. The van der Waals surface area contributed by atoms with Crippen LogP contribution in [0.5, 0.6) is 0 Å². The number of rotatable bonds is 4. The number of hydrogen-bond donors (Lipinski definition) is 0. The molecule has 5 nitrogen and oxygen atoms in total. The van der Waals surface area contributed by atoms with Crippen molar-refractivity contribution in [2.75, 3.05) is 26.2 Å². The predicted octanol–water partition coefficient (Wildman–Crippen LogP) is 2.60. The Balaban J connectivity index is 1.61. The molecule has 0 unspecified atom stereocenters. The van der Waals surface area contributed by atoms with Crippen molar-refractivity contribution in [3.8, 4) is 0 Å². The second-order valence-corrected chi connectivity index (χ2v) is 8.65. The van der Waals surface area contributed by atoms with E-state index in [9.17, 15) is 13.2 Å². The number of carbonyl (C=O) groups is 1. The smallest absolute Gasteiger partial charge is 0.246 e. The minimum Gasteiger partial charge on any atom is -0.337 e. The molecule has 1 saturated heterocycles. The number of amides is 1. The van der Waals surface area contributed by atoms with Crippen LogP contribution >= 0.6 is 11.3 Å². The summed E-state index contributed by atoms with van der Waals surface area (Å²) in [6, 6.07) is 8.79. The van der Waals surface area contributed by atoms with E-state index in [2.05, 4.69) is 0 Å². The number of piperazine rings is 1. The van der Waals surface area contributed by atoms with Gasteiger partial charge in [-0.15, -0.1) is 0 Å². The lowest BCUT2D eigenvalue weighted by atomic mass is 10.2. The largest absolute Gasteiger partial charge is 0.337 e. The van der Waals surface area contributed by atoms with Crippen LogP contribution < -0.4 is 0 Å². The Bertz CT molecular complexity index is 848. The maximum absolute atomic E-state index is 12.7. The van der Waals surface area contributed by atoms with Gasteiger partial charge in [-0.25, -0.2) is 8.42 Å². The molecule has 0 saturated carbocycles. The molecule has 0 bridgehead atoms. The second kappa shape index (κ2) is 7.51. The Morgan fingerprint density at radius 3 is 2.36 bits per heavy atom. The zero-order valence-electron chi connectivity index (χ0n) is 14.0. The van der Waals surface area contributed by atoms with Gasteiger partial charge in [-0.05, 0) is 47.5 Å². The first kappa shape index (κ1) is 17.8. The van der Waals surface area contributed by atoms with Gasteiger partial charge in [0.25, 0.3) is 0 Å². The van der Waals surface area contributed by atoms with Crippen LogP contribution in [-0.4, -0.2) is 49.7 Å². The molecule has 7 heteroatoms. The zero-order chi connectivity index (χ0) is 17.9. The third-order valence-corrected chi connectivity index (χ3v) is 6.78. The van der Waals surface area contributed by atoms with Crippen LogP contribution in [0, 0.1) is 6.92 Å². The Morgan fingerprint density at radius 2 is 1.76 bits per heavy atom. The standard InChI is InChI=1S/C18H20N2O3S2/c1-15-2-5-17(6-3-15)25(22,23)20-11-9-19(10-12-20)18(21)7-4-16-8-13-24-14-16/h2-8,13-14H,9-12H2,1H3/b7-4+. The van der Waals surface area contributed by atoms with Crippen molar-refractivity contribution in [1.82, 2.24) is 9.21 Å². The summed E-state index contributed by atoms with van der Waals surface area (Å²) in [5, 5.41) is 3.93. The Morgan fingerprint density at radius 1 is 1.08 bits per heavy atom. The predicted molar refractivity (Wildman–Crippen MR) is 99.9 cm³/mol. The molecule has 1 aromatic heterocycles. The molecule has 0 N–H and O–H groups in total. The highest BCUT2D eigenvalue weighted by Gasteiger charge is 2.29. The summed E-state index contributed by atoms with van der Waals surface area (Å²) in [7, 11) is -3.50. The van der Waals surface area contributed by atoms with E-state index in [4.69, 9.17) is 0 Å². The molecular formula is C18H20N2O3S2. The third kappa shape index (κ3) is 4.18. The number of benzene rings is 1. The minimum atomic E-state index is -3.50. The normalized spacial score (nSPS) is 16.4. The topological polar surface area (TPSA) is 57.7 Å². The van der Waals surface area contributed by atoms with Gasteiger partial charge in [0.1, 0.15) is 0 Å². The van der Waals surface area contributed by atoms with E-state index in [0.717, 1.165) is 11.1 Å². The molecule has 0 radical (unpaired) electrons. The summed E-state index contributed by atoms with van der Waals surface area (Å²) in [5.74, 6) is -0.0846. The SMILES string of the molecule is Cc1ccc(S(=O)(=O)N2CCN(C(=O)/C=C/c3ccsc3)CC2)cc1. The molecular weight excluding hydrogens is 356 g/mol. The average molecular weight is 377 g/mol. The van der Waals surface area contributed by atoms with Crippen LogP contribution in [0.2, 0.25) is 0 Å². The molecule has 2 heterocycles. The molecule has 1 aliphatic rings. The number of nitrogens with zero attached hydrogens (tertiary/aromatic N) is 2. The summed E-state index contributed by atoms with van der Waals surface area (Å²) in [6.07, 6.45) is 3.33. The molecule has 2 aromatic rings. The second-order valence-electron chi connectivity index (χ2n) is 5.93. The molecule has 0 atom stereocenters. The third-order valence-electron chi connectivity index (χ3n) is 4.17. The van der Waals surface area contributed by atoms with E-state index in [0.29, 0.717) is 31.1 Å². The van der Waals surface area contributed by atoms with Crippen molar-refractivity contribution in [1.29, 1.82) is 0 Å². The van der Waals surface area contributed by atoms with Crippen LogP contribution in [0.1, 0.15) is 11.1 Å². The van der Waals surface area contributed by atoms with Gasteiger partial charge < -0.3 is 4.90 Å². The molecule has 0 aliphatic carbocycles. The maximum atomic E-state index is 12.7. The van der Waals surface area contributed by atoms with Crippen LogP contribution in [0.3, 0.4) is 0 Å². The van der Waals surface area contributed by atoms with Gasteiger partial charge in [0.05, 0.1) is 4.90 Å². The van der Waals surface area contributed by atoms with Gasteiger partial charge in [0, 0.05) is 32.3 Å². The first-order valence-electron chi connectivity index (χ1n) is 8.03. The van der Waals surface area contributed by atoms with Crippen molar-refractivity contribution in [2.45, 2.75) is 11.8 Å². The van der Waals surface area contributed by atoms with Crippen LogP contribution in [-0.2, 0) is 14.8 Å². The average Bonchev–Trinajstić information content (AvgIpc) is 3.14. The summed E-state index contributed by atoms with van der Waals surface area (Å²) in [6.45, 7) is 3.35. The van der Waals surface area contributed by atoms with Crippen LogP contribution in [0.25, 0.3) is 6.08 Å². The van der Waals surface area contributed by atoms with Gasteiger partial charge in [-0.2, -0.15) is 15.6 Å². The molecule has 25 heavy (non-hydrogen) atoms. The van der Waals surface area contributed by atoms with E-state index in [1.54, 1.807) is 52.7 Å². The highest BCUT2D eigenvalue weighted by atomic mass is 32.2. The van der Waals surface area contributed by atoms with E-state index in [-0.39, 0.29) is 5.91 Å². The number of sulfonamides is 1. The van der Waals surface area contributed by atoms with Crippen molar-refractivity contribution < 1.29 is 13.2 Å². The van der Waals surface area contributed by atoms with E-state index >= 15 is 0 Å². The van der Waals surface area contributed by atoms with Crippen LogP contribution in [0.15, 0.2) is 52.1 Å². The zero-order valence-corrected chi connectivity index (χ0v) is 15.6. The molecule has 0 spiro atoms. The minimum absolute atomic E-state index is 0.0846. The van der Waals surface area contributed by atoms with Crippen molar-refractivity contribution in [3.63, 3.8) is 0 Å². The van der Waals surface area contributed by atoms with E-state index in [1.807, 2.05) is 23.8 Å². The molecule has 1 aromatic carbocycles. The first-order valence-corrected chi connectivity index (χ1v) is 10.4. The fourth-order valence-electron chi connectivity index (χ4n) is 2.65. The fraction of sp³-hybridized carbons (Fsp3) is 0.278. The lowest BCUT2D eigenvalue weighted by Gasteiger charge is -2.33. The van der Waals surface area contributed by atoms with Gasteiger partial charge in [-0.3, -0.25) is 4.79 Å². The first-order chi connectivity index (χ1) is 12.0. The van der Waals surface area contributed by atoms with Crippen molar-refractivity contribution >= 4 is 33.3 Å². The molecule has 1 amide bonds. The van der Waals surface area contributed by atoms with Gasteiger partial charge in [0.15, 0.2) is 0 Å². The summed E-state index contributed by atoms with van der Waals surface area (Å²) < 4.78 is 26.8. The van der Waals surface area contributed by atoms with E-state index in [1.165, 1.54) is 4.31 Å². The van der Waals surface area contributed by atoms with E-state index < -0.39 is 10.0 Å². The quantitative estimate of drug-likeness (QED) is 0.771. The molecule has 1 aliphatic heterocycles. The maximum Gasteiger partial charge on any atom is 0.246 e. The summed E-state index contributed by atoms with van der Waals surface area (Å²) in [5.41, 5.74) is 2.02. The van der Waals surface area contributed by atoms with Gasteiger partial charge in [-0.1, -0.05) is 17.7 Å². The van der Waals surface area contributed by atoms with Gasteiger partial charge >= 0.3 is 0 Å². The highest BCUT2D eigenvalue weighted by Crippen LogP contribution is 2.18. The number of aryl methyl sites for hydroxylation is 1. The molecule has 1 fully saturated rings. The lowest BCUT2D eigenvalue weighted by molar-refractivity contribution is -0.127. The Labute approximate surface area is 152 Å². The molecule has 3 rings (SSSR count). The van der Waals surface area contributed by atoms with Crippen molar-refractivity contribution in [2.24, 2.45) is 0 Å². The van der Waals surface area contributed by atoms with Crippen molar-refractivity contribution in [3.05, 3.63) is 58.3 Å². The van der Waals surface area contributed by atoms with Crippen LogP contribution in [0.4, 0.5) is 0 Å². The number of hydrogen-bond acceptors (Lipinski definition) is 4. The monoisotopic (exact) mass is 376 g/mol.